The maximum atomic E-state index is 12.5. The lowest BCUT2D eigenvalue weighted by atomic mass is 9.89. The molecule has 2 heterocycles. The first kappa shape index (κ1) is 14.7. The van der Waals surface area contributed by atoms with Crippen LogP contribution in [0.25, 0.3) is 0 Å². The molecule has 0 aliphatic heterocycles. The number of hydrogen-bond donors (Lipinski definition) is 2. The fraction of sp³-hybridized carbons (Fsp3) is 0.312. The highest BCUT2D eigenvalue weighted by Crippen LogP contribution is 2.38. The SMILES string of the molecule is O=C(O)c1csc(C(=O)NC2(c3cccnc3)CCCC2)c1. The summed E-state index contributed by atoms with van der Waals surface area (Å²) in [7, 11) is 0. The van der Waals surface area contributed by atoms with E-state index in [2.05, 4.69) is 10.3 Å². The van der Waals surface area contributed by atoms with E-state index in [-0.39, 0.29) is 11.5 Å². The third-order valence-corrected chi connectivity index (χ3v) is 5.02. The quantitative estimate of drug-likeness (QED) is 0.908. The minimum absolute atomic E-state index is 0.150. The number of rotatable bonds is 4. The number of hydrogen-bond acceptors (Lipinski definition) is 4. The average molecular weight is 316 g/mol. The Morgan fingerprint density at radius 3 is 2.68 bits per heavy atom. The smallest absolute Gasteiger partial charge is 0.336 e. The van der Waals surface area contributed by atoms with Gasteiger partial charge in [-0.1, -0.05) is 18.9 Å². The molecule has 0 radical (unpaired) electrons. The van der Waals surface area contributed by atoms with E-state index in [9.17, 15) is 9.59 Å². The molecule has 1 amide bonds. The van der Waals surface area contributed by atoms with E-state index < -0.39 is 11.5 Å². The number of aromatic nitrogens is 1. The molecule has 6 heteroatoms. The van der Waals surface area contributed by atoms with E-state index in [4.69, 9.17) is 5.11 Å². The third-order valence-electron chi connectivity index (χ3n) is 4.09. The van der Waals surface area contributed by atoms with Crippen LogP contribution in [-0.2, 0) is 5.54 Å². The summed E-state index contributed by atoms with van der Waals surface area (Å²) in [6.07, 6.45) is 7.37. The molecule has 3 rings (SSSR count). The van der Waals surface area contributed by atoms with Crippen molar-refractivity contribution in [2.45, 2.75) is 31.2 Å². The highest BCUT2D eigenvalue weighted by Gasteiger charge is 2.37. The molecular formula is C16H16N2O3S. The third kappa shape index (κ3) is 2.74. The number of nitrogens with one attached hydrogen (secondary N) is 1. The molecule has 0 atom stereocenters. The van der Waals surface area contributed by atoms with Gasteiger partial charge in [-0.15, -0.1) is 11.3 Å². The van der Waals surface area contributed by atoms with E-state index in [1.807, 2.05) is 12.1 Å². The van der Waals surface area contributed by atoms with Crippen molar-refractivity contribution in [3.63, 3.8) is 0 Å². The van der Waals surface area contributed by atoms with Crippen molar-refractivity contribution in [2.24, 2.45) is 0 Å². The second-order valence-electron chi connectivity index (χ2n) is 5.49. The van der Waals surface area contributed by atoms with Crippen LogP contribution in [-0.4, -0.2) is 22.0 Å². The van der Waals surface area contributed by atoms with Gasteiger partial charge in [-0.25, -0.2) is 4.79 Å². The minimum atomic E-state index is -1.02. The molecule has 1 aliphatic carbocycles. The number of carbonyl (C=O) groups excluding carboxylic acids is 1. The monoisotopic (exact) mass is 316 g/mol. The van der Waals surface area contributed by atoms with Crippen molar-refractivity contribution in [3.05, 3.63) is 52.0 Å². The first-order valence-electron chi connectivity index (χ1n) is 7.16. The second kappa shape index (κ2) is 5.88. The first-order chi connectivity index (χ1) is 10.6. The molecular weight excluding hydrogens is 300 g/mol. The van der Waals surface area contributed by atoms with Crippen LogP contribution >= 0.6 is 11.3 Å². The van der Waals surface area contributed by atoms with Crippen LogP contribution in [0.3, 0.4) is 0 Å². The summed E-state index contributed by atoms with van der Waals surface area (Å²) in [5, 5.41) is 13.6. The topological polar surface area (TPSA) is 79.3 Å². The van der Waals surface area contributed by atoms with E-state index in [1.165, 1.54) is 11.4 Å². The van der Waals surface area contributed by atoms with Crippen molar-refractivity contribution in [3.8, 4) is 0 Å². The van der Waals surface area contributed by atoms with Crippen LogP contribution in [0.4, 0.5) is 0 Å². The fourth-order valence-corrected chi connectivity index (χ4v) is 3.73. The van der Waals surface area contributed by atoms with Crippen molar-refractivity contribution < 1.29 is 14.7 Å². The molecule has 0 saturated heterocycles. The highest BCUT2D eigenvalue weighted by atomic mass is 32.1. The fourth-order valence-electron chi connectivity index (χ4n) is 2.96. The molecule has 5 nitrogen and oxygen atoms in total. The van der Waals surface area contributed by atoms with E-state index in [0.717, 1.165) is 42.6 Å². The van der Waals surface area contributed by atoms with Gasteiger partial charge >= 0.3 is 5.97 Å². The van der Waals surface area contributed by atoms with Crippen molar-refractivity contribution in [1.82, 2.24) is 10.3 Å². The van der Waals surface area contributed by atoms with E-state index >= 15 is 0 Å². The molecule has 1 aliphatic rings. The number of pyridine rings is 1. The zero-order valence-electron chi connectivity index (χ0n) is 11.9. The molecule has 0 bridgehead atoms. The summed E-state index contributed by atoms with van der Waals surface area (Å²) in [5.74, 6) is -1.23. The number of carboxylic acid groups (broad SMARTS) is 1. The predicted octanol–water partition coefficient (Wildman–Crippen LogP) is 3.04. The lowest BCUT2D eigenvalue weighted by Crippen LogP contribution is -2.43. The van der Waals surface area contributed by atoms with Crippen molar-refractivity contribution in [2.75, 3.05) is 0 Å². The molecule has 0 unspecified atom stereocenters. The lowest BCUT2D eigenvalue weighted by molar-refractivity contribution is 0.0697. The molecule has 1 fully saturated rings. The Balaban J connectivity index is 1.85. The van der Waals surface area contributed by atoms with Gasteiger partial charge in [0, 0.05) is 17.8 Å². The van der Waals surface area contributed by atoms with Crippen molar-refractivity contribution >= 4 is 23.2 Å². The number of carbonyl (C=O) groups is 2. The van der Waals surface area contributed by atoms with Crippen LogP contribution < -0.4 is 5.32 Å². The van der Waals surface area contributed by atoms with Crippen LogP contribution in [0.1, 0.15) is 51.3 Å². The summed E-state index contributed by atoms with van der Waals surface area (Å²) in [6.45, 7) is 0. The molecule has 22 heavy (non-hydrogen) atoms. The van der Waals surface area contributed by atoms with Gasteiger partial charge in [0.05, 0.1) is 16.0 Å². The average Bonchev–Trinajstić information content (AvgIpc) is 3.18. The molecule has 2 aromatic heterocycles. The summed E-state index contributed by atoms with van der Waals surface area (Å²) < 4.78 is 0. The number of aromatic carboxylic acids is 1. The number of carboxylic acids is 1. The van der Waals surface area contributed by atoms with Gasteiger partial charge in [-0.3, -0.25) is 9.78 Å². The Labute approximate surface area is 132 Å². The Bertz CT molecular complexity index is 690. The molecule has 0 aromatic carbocycles. The predicted molar refractivity (Wildman–Crippen MR) is 83.1 cm³/mol. The molecule has 2 aromatic rings. The summed E-state index contributed by atoms with van der Waals surface area (Å²) in [4.78, 5) is 28.0. The lowest BCUT2D eigenvalue weighted by Gasteiger charge is -2.30. The molecule has 0 spiro atoms. The number of amides is 1. The summed E-state index contributed by atoms with van der Waals surface area (Å²) in [5.41, 5.74) is 0.770. The van der Waals surface area contributed by atoms with Gasteiger partial charge < -0.3 is 10.4 Å². The highest BCUT2D eigenvalue weighted by molar-refractivity contribution is 7.12. The van der Waals surface area contributed by atoms with E-state index in [1.54, 1.807) is 12.4 Å². The zero-order valence-corrected chi connectivity index (χ0v) is 12.7. The largest absolute Gasteiger partial charge is 0.478 e. The Kier molecular flexibility index (Phi) is 3.94. The van der Waals surface area contributed by atoms with Gasteiger partial charge in [0.1, 0.15) is 0 Å². The van der Waals surface area contributed by atoms with Crippen LogP contribution in [0, 0.1) is 0 Å². The molecule has 1 saturated carbocycles. The Hall–Kier alpha value is -2.21. The first-order valence-corrected chi connectivity index (χ1v) is 8.03. The maximum absolute atomic E-state index is 12.5. The normalized spacial score (nSPS) is 16.4. The summed E-state index contributed by atoms with van der Waals surface area (Å²) in [6, 6.07) is 5.28. The molecule has 114 valence electrons. The van der Waals surface area contributed by atoms with Crippen LogP contribution in [0.15, 0.2) is 36.0 Å². The van der Waals surface area contributed by atoms with Gasteiger partial charge in [0.25, 0.3) is 5.91 Å². The second-order valence-corrected chi connectivity index (χ2v) is 6.40. The zero-order chi connectivity index (χ0) is 15.6. The van der Waals surface area contributed by atoms with Gasteiger partial charge in [-0.05, 0) is 30.5 Å². The Morgan fingerprint density at radius 2 is 2.09 bits per heavy atom. The van der Waals surface area contributed by atoms with Gasteiger partial charge in [-0.2, -0.15) is 0 Å². The standard InChI is InChI=1S/C16H16N2O3S/c19-14(13-8-11(10-22-13)15(20)21)18-16(5-1-2-6-16)12-4-3-7-17-9-12/h3-4,7-10H,1-2,5-6H2,(H,18,19)(H,20,21). The minimum Gasteiger partial charge on any atom is -0.478 e. The number of thiophene rings is 1. The molecule has 2 N–H and O–H groups in total. The van der Waals surface area contributed by atoms with Gasteiger partial charge in [0.2, 0.25) is 0 Å². The number of nitrogens with zero attached hydrogens (tertiary/aromatic N) is 1. The van der Waals surface area contributed by atoms with Crippen molar-refractivity contribution in [1.29, 1.82) is 0 Å². The maximum Gasteiger partial charge on any atom is 0.336 e. The van der Waals surface area contributed by atoms with Crippen LogP contribution in [0.5, 0.6) is 0 Å². The van der Waals surface area contributed by atoms with E-state index in [0.29, 0.717) is 4.88 Å². The Morgan fingerprint density at radius 1 is 1.32 bits per heavy atom. The van der Waals surface area contributed by atoms with Crippen LogP contribution in [0.2, 0.25) is 0 Å². The van der Waals surface area contributed by atoms with Gasteiger partial charge in [0.15, 0.2) is 0 Å². The summed E-state index contributed by atoms with van der Waals surface area (Å²) >= 11 is 1.15.